The highest BCUT2D eigenvalue weighted by Gasteiger charge is 2.21. The van der Waals surface area contributed by atoms with Gasteiger partial charge >= 0.3 is 0 Å². The van der Waals surface area contributed by atoms with E-state index in [2.05, 4.69) is 20.0 Å². The van der Waals surface area contributed by atoms with Gasteiger partial charge in [-0.3, -0.25) is 4.98 Å². The SMILES string of the molecule is Cc1nc2c(nc1-c1cc3nc(N4CCCC4)cc(N)n3n1)OCCC2. The minimum Gasteiger partial charge on any atom is -0.476 e. The molecule has 26 heavy (non-hydrogen) atoms. The number of aryl methyl sites for hydroxylation is 2. The highest BCUT2D eigenvalue weighted by Crippen LogP contribution is 2.29. The number of nitrogen functional groups attached to an aromatic ring is 1. The van der Waals surface area contributed by atoms with E-state index < -0.39 is 0 Å². The number of nitrogens with zero attached hydrogens (tertiary/aromatic N) is 6. The Balaban J connectivity index is 1.60. The minimum absolute atomic E-state index is 0.572. The van der Waals surface area contributed by atoms with Crippen LogP contribution in [0.3, 0.4) is 0 Å². The molecule has 0 unspecified atom stereocenters. The van der Waals surface area contributed by atoms with Crippen molar-refractivity contribution >= 4 is 17.3 Å². The van der Waals surface area contributed by atoms with Gasteiger partial charge in [0, 0.05) is 25.2 Å². The van der Waals surface area contributed by atoms with Crippen molar-refractivity contribution in [2.24, 2.45) is 0 Å². The maximum atomic E-state index is 6.24. The zero-order chi connectivity index (χ0) is 17.7. The predicted octanol–water partition coefficient (Wildman–Crippen LogP) is 2.00. The fourth-order valence-electron chi connectivity index (χ4n) is 3.69. The van der Waals surface area contributed by atoms with Crippen LogP contribution in [0.25, 0.3) is 17.0 Å². The number of anilines is 2. The summed E-state index contributed by atoms with van der Waals surface area (Å²) in [6.07, 6.45) is 4.28. The fraction of sp³-hybridized carbons (Fsp3) is 0.444. The second-order valence-electron chi connectivity index (χ2n) is 6.89. The van der Waals surface area contributed by atoms with Gasteiger partial charge in [0.05, 0.1) is 12.3 Å². The quantitative estimate of drug-likeness (QED) is 0.754. The van der Waals surface area contributed by atoms with Crippen LogP contribution in [0.1, 0.15) is 30.7 Å². The molecule has 0 amide bonds. The fourth-order valence-corrected chi connectivity index (χ4v) is 3.69. The summed E-state index contributed by atoms with van der Waals surface area (Å²) >= 11 is 0. The van der Waals surface area contributed by atoms with Crippen molar-refractivity contribution in [3.63, 3.8) is 0 Å². The largest absolute Gasteiger partial charge is 0.476 e. The monoisotopic (exact) mass is 351 g/mol. The highest BCUT2D eigenvalue weighted by atomic mass is 16.5. The minimum atomic E-state index is 0.572. The van der Waals surface area contributed by atoms with Gasteiger partial charge < -0.3 is 15.4 Å². The second kappa shape index (κ2) is 5.82. The molecule has 5 rings (SSSR count). The predicted molar refractivity (Wildman–Crippen MR) is 98.4 cm³/mol. The molecule has 1 saturated heterocycles. The molecule has 0 aliphatic carbocycles. The summed E-state index contributed by atoms with van der Waals surface area (Å²) in [4.78, 5) is 16.3. The molecular weight excluding hydrogens is 330 g/mol. The van der Waals surface area contributed by atoms with Gasteiger partial charge in [-0.2, -0.15) is 9.61 Å². The van der Waals surface area contributed by atoms with Gasteiger partial charge in [0.15, 0.2) is 5.65 Å². The summed E-state index contributed by atoms with van der Waals surface area (Å²) < 4.78 is 7.33. The molecule has 134 valence electrons. The lowest BCUT2D eigenvalue weighted by Gasteiger charge is -2.16. The Morgan fingerprint density at radius 2 is 1.92 bits per heavy atom. The first kappa shape index (κ1) is 15.4. The van der Waals surface area contributed by atoms with Crippen LogP contribution in [0.5, 0.6) is 5.88 Å². The van der Waals surface area contributed by atoms with Gasteiger partial charge in [0.2, 0.25) is 5.88 Å². The molecule has 0 saturated carbocycles. The molecule has 8 nitrogen and oxygen atoms in total. The summed E-state index contributed by atoms with van der Waals surface area (Å²) in [5.41, 5.74) is 10.2. The number of aromatic nitrogens is 5. The third kappa shape index (κ3) is 2.44. The molecular formula is C18H21N7O. The normalized spacial score (nSPS) is 16.7. The molecule has 0 aromatic carbocycles. The Bertz CT molecular complexity index is 991. The van der Waals surface area contributed by atoms with Crippen LogP contribution in [0.4, 0.5) is 11.6 Å². The number of hydrogen-bond acceptors (Lipinski definition) is 7. The smallest absolute Gasteiger partial charge is 0.236 e. The lowest BCUT2D eigenvalue weighted by Crippen LogP contribution is -2.19. The first-order valence-electron chi connectivity index (χ1n) is 9.11. The lowest BCUT2D eigenvalue weighted by atomic mass is 10.2. The van der Waals surface area contributed by atoms with Crippen LogP contribution in [-0.2, 0) is 6.42 Å². The van der Waals surface area contributed by atoms with Crippen LogP contribution < -0.4 is 15.4 Å². The molecule has 3 aromatic heterocycles. The second-order valence-corrected chi connectivity index (χ2v) is 6.89. The van der Waals surface area contributed by atoms with E-state index in [0.717, 1.165) is 54.5 Å². The Morgan fingerprint density at radius 3 is 2.77 bits per heavy atom. The lowest BCUT2D eigenvalue weighted by molar-refractivity contribution is 0.272. The zero-order valence-corrected chi connectivity index (χ0v) is 14.8. The van der Waals surface area contributed by atoms with Crippen molar-refractivity contribution in [2.75, 3.05) is 30.3 Å². The third-order valence-electron chi connectivity index (χ3n) is 5.02. The third-order valence-corrected chi connectivity index (χ3v) is 5.02. The maximum Gasteiger partial charge on any atom is 0.236 e. The summed E-state index contributed by atoms with van der Waals surface area (Å²) in [6.45, 7) is 4.68. The average Bonchev–Trinajstić information content (AvgIpc) is 3.31. The molecule has 5 heterocycles. The van der Waals surface area contributed by atoms with E-state index in [-0.39, 0.29) is 0 Å². The van der Waals surface area contributed by atoms with Crippen molar-refractivity contribution in [1.82, 2.24) is 24.6 Å². The van der Waals surface area contributed by atoms with E-state index >= 15 is 0 Å². The zero-order valence-electron chi connectivity index (χ0n) is 14.8. The van der Waals surface area contributed by atoms with Gasteiger partial charge in [-0.1, -0.05) is 0 Å². The van der Waals surface area contributed by atoms with Crippen LogP contribution in [-0.4, -0.2) is 44.3 Å². The highest BCUT2D eigenvalue weighted by molar-refractivity contribution is 5.66. The van der Waals surface area contributed by atoms with Crippen molar-refractivity contribution in [1.29, 1.82) is 0 Å². The summed E-state index contributed by atoms with van der Waals surface area (Å²) in [6, 6.07) is 3.81. The van der Waals surface area contributed by atoms with E-state index in [9.17, 15) is 0 Å². The van der Waals surface area contributed by atoms with E-state index in [1.165, 1.54) is 12.8 Å². The van der Waals surface area contributed by atoms with E-state index in [1.807, 2.05) is 19.1 Å². The topological polar surface area (TPSA) is 94.5 Å². The maximum absolute atomic E-state index is 6.24. The van der Waals surface area contributed by atoms with E-state index in [1.54, 1.807) is 4.52 Å². The Hall–Kier alpha value is -2.90. The van der Waals surface area contributed by atoms with Crippen molar-refractivity contribution < 1.29 is 4.74 Å². The van der Waals surface area contributed by atoms with Crippen LogP contribution >= 0.6 is 0 Å². The molecule has 0 atom stereocenters. The van der Waals surface area contributed by atoms with Gasteiger partial charge in [-0.05, 0) is 32.6 Å². The first-order valence-corrected chi connectivity index (χ1v) is 9.11. The number of hydrogen-bond donors (Lipinski definition) is 1. The molecule has 3 aromatic rings. The molecule has 0 spiro atoms. The van der Waals surface area contributed by atoms with Crippen LogP contribution in [0, 0.1) is 6.92 Å². The molecule has 8 heteroatoms. The number of fused-ring (bicyclic) bond motifs is 2. The summed E-state index contributed by atoms with van der Waals surface area (Å²) in [5.74, 6) is 2.10. The summed E-state index contributed by atoms with van der Waals surface area (Å²) in [7, 11) is 0. The molecule has 0 bridgehead atoms. The number of rotatable bonds is 2. The molecule has 2 aliphatic rings. The number of nitrogens with two attached hydrogens (primary N) is 1. The molecule has 0 radical (unpaired) electrons. The standard InChI is InChI=1S/C18H21N7O/c1-11-17(22-18-12(20-11)5-4-8-26-18)13-9-16-21-15(24-6-2-3-7-24)10-14(19)25(16)23-13/h9-10H,2-8,19H2,1H3. The summed E-state index contributed by atoms with van der Waals surface area (Å²) in [5, 5.41) is 4.61. The Kier molecular flexibility index (Phi) is 3.44. The van der Waals surface area contributed by atoms with Gasteiger partial charge in [0.1, 0.15) is 28.7 Å². The van der Waals surface area contributed by atoms with Gasteiger partial charge in [-0.25, -0.2) is 9.97 Å². The average molecular weight is 351 g/mol. The number of ether oxygens (including phenoxy) is 1. The molecule has 2 aliphatic heterocycles. The first-order chi connectivity index (χ1) is 12.7. The molecule has 2 N–H and O–H groups in total. The van der Waals surface area contributed by atoms with Crippen LogP contribution in [0.2, 0.25) is 0 Å². The van der Waals surface area contributed by atoms with Gasteiger partial charge in [0.25, 0.3) is 0 Å². The van der Waals surface area contributed by atoms with Crippen molar-refractivity contribution in [2.45, 2.75) is 32.6 Å². The van der Waals surface area contributed by atoms with E-state index in [4.69, 9.17) is 15.5 Å². The van der Waals surface area contributed by atoms with Gasteiger partial charge in [-0.15, -0.1) is 0 Å². The van der Waals surface area contributed by atoms with Crippen molar-refractivity contribution in [3.8, 4) is 17.3 Å². The Labute approximate surface area is 151 Å². The molecule has 1 fully saturated rings. The van der Waals surface area contributed by atoms with Crippen molar-refractivity contribution in [3.05, 3.63) is 23.5 Å². The van der Waals surface area contributed by atoms with E-state index in [0.29, 0.717) is 24.0 Å². The van der Waals surface area contributed by atoms with Crippen LogP contribution in [0.15, 0.2) is 12.1 Å². The Morgan fingerprint density at radius 1 is 1.08 bits per heavy atom.